The van der Waals surface area contributed by atoms with Crippen LogP contribution in [0.1, 0.15) is 5.69 Å². The van der Waals surface area contributed by atoms with E-state index >= 15 is 0 Å². The SMILES string of the molecule is CN1CCN(c2nc(C3=C(C4CNC5C(C(=O)OCCO)=CC=CC45)C(=O)NC3=O)c3ccccc3n2)CC1. The Morgan fingerprint density at radius 3 is 2.72 bits per heavy atom. The molecule has 4 aliphatic rings. The molecule has 2 amide bonds. The van der Waals surface area contributed by atoms with E-state index in [1.165, 1.54) is 0 Å². The van der Waals surface area contributed by atoms with Crippen molar-refractivity contribution < 1.29 is 24.2 Å². The van der Waals surface area contributed by atoms with Crippen LogP contribution in [0.4, 0.5) is 5.95 Å². The number of carbonyl (C=O) groups excluding carboxylic acids is 3. The van der Waals surface area contributed by atoms with E-state index in [4.69, 9.17) is 19.8 Å². The van der Waals surface area contributed by atoms with E-state index < -0.39 is 17.8 Å². The Hall–Kier alpha value is -3.93. The van der Waals surface area contributed by atoms with E-state index in [2.05, 4.69) is 27.5 Å². The number of ether oxygens (including phenoxy) is 1. The standard InChI is InChI=1S/C28H30N6O5/c1-33-9-11-34(12-10-33)28-30-20-8-3-2-5-17(20)24(31-28)22-21(25(36)32-26(22)37)19-15-29-23-16(19)6-4-7-18(23)27(38)39-14-13-35/h2-8,16,19,23,29,35H,9-15H2,1H3,(H,32,36,37). The first kappa shape index (κ1) is 25.4. The number of aromatic nitrogens is 2. The van der Waals surface area contributed by atoms with Crippen LogP contribution in [0.2, 0.25) is 0 Å². The fraction of sp³-hybridized carbons (Fsp3) is 0.393. The van der Waals surface area contributed by atoms with Gasteiger partial charge in [-0.1, -0.05) is 36.4 Å². The van der Waals surface area contributed by atoms with E-state index in [0.717, 1.165) is 26.2 Å². The summed E-state index contributed by atoms with van der Waals surface area (Å²) in [6, 6.07) is 7.14. The molecule has 3 aliphatic heterocycles. The number of imide groups is 1. The maximum absolute atomic E-state index is 13.4. The Balaban J connectivity index is 1.42. The lowest BCUT2D eigenvalue weighted by Crippen LogP contribution is -2.45. The number of carbonyl (C=O) groups is 3. The topological polar surface area (TPSA) is 137 Å². The van der Waals surface area contributed by atoms with Gasteiger partial charge in [-0.05, 0) is 13.1 Å². The number of aliphatic hydroxyl groups excluding tert-OH is 1. The van der Waals surface area contributed by atoms with Crippen molar-refractivity contribution in [3.63, 3.8) is 0 Å². The summed E-state index contributed by atoms with van der Waals surface area (Å²) in [5.41, 5.74) is 2.19. The largest absolute Gasteiger partial charge is 0.460 e. The minimum atomic E-state index is -0.517. The number of nitrogens with one attached hydrogen (secondary N) is 2. The van der Waals surface area contributed by atoms with E-state index in [1.807, 2.05) is 30.3 Å². The molecule has 2 saturated heterocycles. The highest BCUT2D eigenvalue weighted by Crippen LogP contribution is 2.41. The van der Waals surface area contributed by atoms with Crippen LogP contribution >= 0.6 is 0 Å². The Kier molecular flexibility index (Phi) is 6.71. The second-order valence-electron chi connectivity index (χ2n) is 10.2. The Morgan fingerprint density at radius 1 is 1.13 bits per heavy atom. The summed E-state index contributed by atoms with van der Waals surface area (Å²) in [5, 5.41) is 15.6. The van der Waals surface area contributed by atoms with Gasteiger partial charge in [0.05, 0.1) is 29.0 Å². The first-order chi connectivity index (χ1) is 19.0. The lowest BCUT2D eigenvalue weighted by Gasteiger charge is -2.32. The molecular weight excluding hydrogens is 500 g/mol. The number of likely N-dealkylation sites (N-methyl/N-ethyl adjacent to an activating group) is 1. The summed E-state index contributed by atoms with van der Waals surface area (Å²) in [4.78, 5) is 53.4. The second-order valence-corrected chi connectivity index (χ2v) is 10.2. The van der Waals surface area contributed by atoms with Crippen LogP contribution in [-0.4, -0.2) is 96.8 Å². The molecule has 1 aliphatic carbocycles. The Bertz CT molecular complexity index is 1440. The maximum atomic E-state index is 13.4. The average Bonchev–Trinajstić information content (AvgIpc) is 3.50. The number of benzene rings is 1. The molecule has 3 unspecified atom stereocenters. The molecule has 202 valence electrons. The maximum Gasteiger partial charge on any atom is 0.335 e. The van der Waals surface area contributed by atoms with Gasteiger partial charge in [0.1, 0.15) is 6.61 Å². The van der Waals surface area contributed by atoms with Crippen molar-refractivity contribution in [2.24, 2.45) is 11.8 Å². The highest BCUT2D eigenvalue weighted by molar-refractivity contribution is 6.37. The molecule has 0 spiro atoms. The fourth-order valence-corrected chi connectivity index (χ4v) is 5.88. The third kappa shape index (κ3) is 4.52. The molecule has 6 rings (SSSR count). The molecule has 3 N–H and O–H groups in total. The van der Waals surface area contributed by atoms with E-state index in [9.17, 15) is 14.4 Å². The minimum Gasteiger partial charge on any atom is -0.460 e. The number of aliphatic hydroxyl groups is 1. The van der Waals surface area contributed by atoms with Gasteiger partial charge in [-0.2, -0.15) is 0 Å². The molecule has 39 heavy (non-hydrogen) atoms. The normalized spacial score (nSPS) is 25.2. The molecule has 0 saturated carbocycles. The molecule has 1 aromatic carbocycles. The smallest absolute Gasteiger partial charge is 0.335 e. The summed E-state index contributed by atoms with van der Waals surface area (Å²) in [6.45, 7) is 3.29. The number of hydrogen-bond donors (Lipinski definition) is 3. The van der Waals surface area contributed by atoms with E-state index in [1.54, 1.807) is 12.2 Å². The van der Waals surface area contributed by atoms with Gasteiger partial charge >= 0.3 is 5.97 Å². The van der Waals surface area contributed by atoms with Crippen molar-refractivity contribution in [3.05, 3.63) is 59.3 Å². The summed E-state index contributed by atoms with van der Waals surface area (Å²) < 4.78 is 5.15. The fourth-order valence-electron chi connectivity index (χ4n) is 5.88. The highest BCUT2D eigenvalue weighted by atomic mass is 16.5. The number of esters is 1. The van der Waals surface area contributed by atoms with Crippen LogP contribution in [0.3, 0.4) is 0 Å². The van der Waals surface area contributed by atoms with Crippen LogP contribution in [0, 0.1) is 11.8 Å². The summed E-state index contributed by atoms with van der Waals surface area (Å²) in [6.07, 6.45) is 5.41. The van der Waals surface area contributed by atoms with Crippen molar-refractivity contribution in [3.8, 4) is 0 Å². The number of anilines is 1. The molecular formula is C28H30N6O5. The van der Waals surface area contributed by atoms with Crippen molar-refractivity contribution in [1.82, 2.24) is 25.5 Å². The lowest BCUT2D eigenvalue weighted by atomic mass is 9.78. The van der Waals surface area contributed by atoms with Crippen molar-refractivity contribution in [1.29, 1.82) is 0 Å². The van der Waals surface area contributed by atoms with Crippen molar-refractivity contribution in [2.75, 3.05) is 57.9 Å². The Labute approximate surface area is 225 Å². The summed E-state index contributed by atoms with van der Waals surface area (Å²) >= 11 is 0. The molecule has 1 aromatic heterocycles. The zero-order valence-electron chi connectivity index (χ0n) is 21.6. The predicted molar refractivity (Wildman–Crippen MR) is 143 cm³/mol. The molecule has 4 heterocycles. The molecule has 2 fully saturated rings. The third-order valence-corrected chi connectivity index (χ3v) is 7.86. The van der Waals surface area contributed by atoms with Crippen LogP contribution in [-0.2, 0) is 19.1 Å². The van der Waals surface area contributed by atoms with Gasteiger partial charge < -0.3 is 25.0 Å². The van der Waals surface area contributed by atoms with Crippen LogP contribution < -0.4 is 15.5 Å². The van der Waals surface area contributed by atoms with Gasteiger partial charge in [0, 0.05) is 61.6 Å². The summed E-state index contributed by atoms with van der Waals surface area (Å²) in [7, 11) is 2.07. The average molecular weight is 531 g/mol. The first-order valence-corrected chi connectivity index (χ1v) is 13.2. The number of allylic oxidation sites excluding steroid dienone is 2. The quantitative estimate of drug-likeness (QED) is 0.347. The van der Waals surface area contributed by atoms with E-state index in [-0.39, 0.29) is 36.7 Å². The lowest BCUT2D eigenvalue weighted by molar-refractivity contribution is -0.140. The number of rotatable bonds is 6. The second kappa shape index (κ2) is 10.3. The molecule has 2 aromatic rings. The van der Waals surface area contributed by atoms with Gasteiger partial charge in [0.15, 0.2) is 0 Å². The van der Waals surface area contributed by atoms with Crippen LogP contribution in [0.5, 0.6) is 0 Å². The Morgan fingerprint density at radius 2 is 1.92 bits per heavy atom. The number of para-hydroxylation sites is 1. The monoisotopic (exact) mass is 530 g/mol. The van der Waals surface area contributed by atoms with Gasteiger partial charge in [-0.3, -0.25) is 14.9 Å². The van der Waals surface area contributed by atoms with Gasteiger partial charge in [0.2, 0.25) is 5.95 Å². The van der Waals surface area contributed by atoms with Crippen molar-refractivity contribution in [2.45, 2.75) is 6.04 Å². The number of hydrogen-bond acceptors (Lipinski definition) is 10. The molecule has 0 radical (unpaired) electrons. The highest BCUT2D eigenvalue weighted by Gasteiger charge is 2.47. The first-order valence-electron chi connectivity index (χ1n) is 13.2. The minimum absolute atomic E-state index is 0.0939. The molecule has 11 heteroatoms. The third-order valence-electron chi connectivity index (χ3n) is 7.86. The number of nitrogens with zero attached hydrogens (tertiary/aromatic N) is 4. The van der Waals surface area contributed by atoms with Crippen LogP contribution in [0.15, 0.2) is 53.6 Å². The zero-order chi connectivity index (χ0) is 27.1. The van der Waals surface area contributed by atoms with Gasteiger partial charge in [0.25, 0.3) is 11.8 Å². The van der Waals surface area contributed by atoms with Gasteiger partial charge in [-0.15, -0.1) is 0 Å². The molecule has 3 atom stereocenters. The van der Waals surface area contributed by atoms with Gasteiger partial charge in [-0.25, -0.2) is 14.8 Å². The number of fused-ring (bicyclic) bond motifs is 2. The van der Waals surface area contributed by atoms with E-state index in [0.29, 0.717) is 40.2 Å². The number of amides is 2. The van der Waals surface area contributed by atoms with Crippen molar-refractivity contribution >= 4 is 40.2 Å². The predicted octanol–water partition coefficient (Wildman–Crippen LogP) is 0.0275. The van der Waals surface area contributed by atoms with Crippen LogP contribution in [0.25, 0.3) is 16.5 Å². The zero-order valence-corrected chi connectivity index (χ0v) is 21.6. The summed E-state index contributed by atoms with van der Waals surface area (Å²) in [5.74, 6) is -1.53. The molecule has 11 nitrogen and oxygen atoms in total. The number of piperazine rings is 1. The molecule has 0 bridgehead atoms.